The van der Waals surface area contributed by atoms with Crippen molar-refractivity contribution in [3.05, 3.63) is 60.2 Å². The lowest BCUT2D eigenvalue weighted by Gasteiger charge is -2.43. The van der Waals surface area contributed by atoms with E-state index in [1.54, 1.807) is 12.3 Å². The summed E-state index contributed by atoms with van der Waals surface area (Å²) in [7, 11) is 0. The second kappa shape index (κ2) is 9.26. The minimum absolute atomic E-state index is 0.0453. The molecule has 0 atom stereocenters. The van der Waals surface area contributed by atoms with Gasteiger partial charge in [0.15, 0.2) is 0 Å². The summed E-state index contributed by atoms with van der Waals surface area (Å²) in [5.74, 6) is 0.0453. The van der Waals surface area contributed by atoms with Crippen molar-refractivity contribution in [1.29, 1.82) is 0 Å². The van der Waals surface area contributed by atoms with Crippen molar-refractivity contribution in [3.63, 3.8) is 0 Å². The number of amides is 1. The molecular weight excluding hydrogens is 352 g/mol. The zero-order valence-electron chi connectivity index (χ0n) is 16.2. The average Bonchev–Trinajstić information content (AvgIpc) is 2.79. The van der Waals surface area contributed by atoms with Gasteiger partial charge in [-0.25, -0.2) is 0 Å². The smallest absolute Gasteiger partial charge is 0.272 e. The Morgan fingerprint density at radius 1 is 1.04 bits per heavy atom. The van der Waals surface area contributed by atoms with E-state index in [4.69, 9.17) is 4.74 Å². The zero-order valence-corrected chi connectivity index (χ0v) is 16.2. The van der Waals surface area contributed by atoms with Gasteiger partial charge in [0.2, 0.25) is 0 Å². The largest absolute Gasteiger partial charge is 0.381 e. The summed E-state index contributed by atoms with van der Waals surface area (Å²) >= 11 is 0. The van der Waals surface area contributed by atoms with Gasteiger partial charge in [-0.15, -0.1) is 0 Å². The minimum Gasteiger partial charge on any atom is -0.381 e. The molecule has 2 aromatic heterocycles. The maximum Gasteiger partial charge on any atom is 0.272 e. The predicted octanol–water partition coefficient (Wildman–Crippen LogP) is 2.76. The number of ether oxygens (including phenoxy) is 1. The summed E-state index contributed by atoms with van der Waals surface area (Å²) in [5, 5.41) is 0. The molecule has 0 bridgehead atoms. The molecule has 0 spiro atoms. The molecule has 0 aromatic carbocycles. The van der Waals surface area contributed by atoms with Gasteiger partial charge in [-0.2, -0.15) is 0 Å². The van der Waals surface area contributed by atoms with Gasteiger partial charge in [0, 0.05) is 63.5 Å². The quantitative estimate of drug-likeness (QED) is 0.798. The lowest BCUT2D eigenvalue weighted by Crippen LogP contribution is -2.51. The summed E-state index contributed by atoms with van der Waals surface area (Å²) in [5.41, 5.74) is 1.79. The van der Waals surface area contributed by atoms with Crippen molar-refractivity contribution in [2.24, 2.45) is 0 Å². The summed E-state index contributed by atoms with van der Waals surface area (Å²) in [6, 6.07) is 10.7. The van der Waals surface area contributed by atoms with Crippen LogP contribution in [-0.4, -0.2) is 64.1 Å². The van der Waals surface area contributed by atoms with E-state index in [1.807, 2.05) is 35.5 Å². The van der Waals surface area contributed by atoms with E-state index >= 15 is 0 Å². The molecule has 2 aliphatic heterocycles. The minimum atomic E-state index is 0.0453. The molecule has 0 unspecified atom stereocenters. The molecule has 0 aliphatic carbocycles. The highest BCUT2D eigenvalue weighted by atomic mass is 16.5. The van der Waals surface area contributed by atoms with Gasteiger partial charge in [0.25, 0.3) is 5.91 Å². The first-order valence-corrected chi connectivity index (χ1v) is 10.2. The van der Waals surface area contributed by atoms with Crippen LogP contribution in [0.15, 0.2) is 48.9 Å². The molecule has 0 saturated carbocycles. The Balaban J connectivity index is 1.42. The van der Waals surface area contributed by atoms with Crippen molar-refractivity contribution < 1.29 is 9.53 Å². The van der Waals surface area contributed by atoms with Crippen molar-refractivity contribution in [3.8, 4) is 0 Å². The highest BCUT2D eigenvalue weighted by molar-refractivity contribution is 5.92. The van der Waals surface area contributed by atoms with Gasteiger partial charge in [-0.3, -0.25) is 19.7 Å². The van der Waals surface area contributed by atoms with Gasteiger partial charge in [-0.1, -0.05) is 12.1 Å². The molecule has 6 nitrogen and oxygen atoms in total. The molecule has 1 amide bonds. The van der Waals surface area contributed by atoms with Crippen LogP contribution in [0.2, 0.25) is 0 Å². The van der Waals surface area contributed by atoms with Crippen LogP contribution in [0.25, 0.3) is 0 Å². The molecule has 2 saturated heterocycles. The number of pyridine rings is 2. The molecule has 148 valence electrons. The SMILES string of the molecule is O=C(c1ccccn1)N1CCC(N(Cc2cccnc2)C2CCOCC2)CC1. The Bertz CT molecular complexity index is 742. The van der Waals surface area contributed by atoms with Crippen LogP contribution >= 0.6 is 0 Å². The van der Waals surface area contributed by atoms with Crippen molar-refractivity contribution in [2.45, 2.75) is 44.3 Å². The van der Waals surface area contributed by atoms with Gasteiger partial charge < -0.3 is 9.64 Å². The monoisotopic (exact) mass is 380 g/mol. The third kappa shape index (κ3) is 4.56. The maximum atomic E-state index is 12.7. The lowest BCUT2D eigenvalue weighted by atomic mass is 9.97. The second-order valence-electron chi connectivity index (χ2n) is 7.62. The Labute approximate surface area is 166 Å². The molecule has 2 fully saturated rings. The Hall–Kier alpha value is -2.31. The molecule has 0 N–H and O–H groups in total. The highest BCUT2D eigenvalue weighted by Crippen LogP contribution is 2.26. The summed E-state index contributed by atoms with van der Waals surface area (Å²) in [6.45, 7) is 4.16. The lowest BCUT2D eigenvalue weighted by molar-refractivity contribution is -0.00158. The first kappa shape index (κ1) is 19.0. The Kier molecular flexibility index (Phi) is 6.29. The molecule has 28 heavy (non-hydrogen) atoms. The van der Waals surface area contributed by atoms with Gasteiger partial charge >= 0.3 is 0 Å². The van der Waals surface area contributed by atoms with E-state index in [1.165, 1.54) is 5.56 Å². The van der Waals surface area contributed by atoms with E-state index < -0.39 is 0 Å². The number of nitrogens with zero attached hydrogens (tertiary/aromatic N) is 4. The van der Waals surface area contributed by atoms with Gasteiger partial charge in [0.1, 0.15) is 5.69 Å². The van der Waals surface area contributed by atoms with Crippen molar-refractivity contribution in [2.75, 3.05) is 26.3 Å². The third-order valence-electron chi connectivity index (χ3n) is 5.85. The second-order valence-corrected chi connectivity index (χ2v) is 7.62. The van der Waals surface area contributed by atoms with Crippen LogP contribution < -0.4 is 0 Å². The standard InChI is InChI=1S/C22H28N4O2/c27-22(21-5-1-2-11-24-21)25-12-6-19(7-13-25)26(20-8-14-28-15-9-20)17-18-4-3-10-23-16-18/h1-5,10-11,16,19-20H,6-9,12-15,17H2. The van der Waals surface area contributed by atoms with Crippen LogP contribution in [0, 0.1) is 0 Å². The van der Waals surface area contributed by atoms with Crippen molar-refractivity contribution in [1.82, 2.24) is 19.8 Å². The number of hydrogen-bond acceptors (Lipinski definition) is 5. The molecule has 4 heterocycles. The first-order chi connectivity index (χ1) is 13.8. The number of hydrogen-bond donors (Lipinski definition) is 0. The Morgan fingerprint density at radius 3 is 2.50 bits per heavy atom. The summed E-state index contributed by atoms with van der Waals surface area (Å²) in [4.78, 5) is 25.8. The van der Waals surface area contributed by atoms with E-state index in [0.717, 1.165) is 58.5 Å². The fourth-order valence-corrected chi connectivity index (χ4v) is 4.33. The number of piperidine rings is 1. The first-order valence-electron chi connectivity index (χ1n) is 10.2. The van der Waals surface area contributed by atoms with E-state index in [9.17, 15) is 4.79 Å². The summed E-state index contributed by atoms with van der Waals surface area (Å²) in [6.07, 6.45) is 9.61. The fraction of sp³-hybridized carbons (Fsp3) is 0.500. The number of rotatable bonds is 5. The van der Waals surface area contributed by atoms with Crippen LogP contribution in [0.4, 0.5) is 0 Å². The molecule has 4 rings (SSSR count). The predicted molar refractivity (Wildman–Crippen MR) is 107 cm³/mol. The average molecular weight is 380 g/mol. The number of carbonyl (C=O) groups excluding carboxylic acids is 1. The summed E-state index contributed by atoms with van der Waals surface area (Å²) < 4.78 is 5.59. The molecule has 0 radical (unpaired) electrons. The van der Waals surface area contributed by atoms with E-state index in [2.05, 4.69) is 20.9 Å². The number of aromatic nitrogens is 2. The fourth-order valence-electron chi connectivity index (χ4n) is 4.33. The Morgan fingerprint density at radius 2 is 1.82 bits per heavy atom. The molecular formula is C22H28N4O2. The van der Waals surface area contributed by atoms with E-state index in [-0.39, 0.29) is 5.91 Å². The highest BCUT2D eigenvalue weighted by Gasteiger charge is 2.32. The molecule has 6 heteroatoms. The van der Waals surface area contributed by atoms with Gasteiger partial charge in [-0.05, 0) is 49.4 Å². The molecule has 2 aromatic rings. The van der Waals surface area contributed by atoms with Crippen LogP contribution in [0.3, 0.4) is 0 Å². The number of carbonyl (C=O) groups is 1. The topological polar surface area (TPSA) is 58.6 Å². The van der Waals surface area contributed by atoms with Gasteiger partial charge in [0.05, 0.1) is 0 Å². The molecule has 2 aliphatic rings. The zero-order chi connectivity index (χ0) is 19.2. The van der Waals surface area contributed by atoms with Crippen LogP contribution in [-0.2, 0) is 11.3 Å². The third-order valence-corrected chi connectivity index (χ3v) is 5.85. The van der Waals surface area contributed by atoms with Crippen LogP contribution in [0.1, 0.15) is 41.7 Å². The number of likely N-dealkylation sites (tertiary alicyclic amines) is 1. The normalized spacial score (nSPS) is 19.1. The van der Waals surface area contributed by atoms with E-state index in [0.29, 0.717) is 17.8 Å². The van der Waals surface area contributed by atoms with Crippen molar-refractivity contribution >= 4 is 5.91 Å². The maximum absolute atomic E-state index is 12.7. The van der Waals surface area contributed by atoms with Crippen LogP contribution in [0.5, 0.6) is 0 Å².